The van der Waals surface area contributed by atoms with Gasteiger partial charge in [0.2, 0.25) is 0 Å². The van der Waals surface area contributed by atoms with Crippen molar-refractivity contribution in [3.05, 3.63) is 129 Å². The van der Waals surface area contributed by atoms with Crippen molar-refractivity contribution < 1.29 is 24.1 Å². The lowest BCUT2D eigenvalue weighted by Crippen LogP contribution is -2.44. The van der Waals surface area contributed by atoms with E-state index in [1.54, 1.807) is 14.2 Å². The van der Waals surface area contributed by atoms with E-state index < -0.39 is 35.3 Å². The van der Waals surface area contributed by atoms with Crippen molar-refractivity contribution in [1.29, 1.82) is 0 Å². The number of aliphatic hydroxyl groups excluding tert-OH is 1. The summed E-state index contributed by atoms with van der Waals surface area (Å²) in [5.74, 6) is 1.44. The first kappa shape index (κ1) is 27.4. The van der Waals surface area contributed by atoms with Crippen molar-refractivity contribution >= 4 is 0 Å². The number of nitrogens with one attached hydrogen (secondary N) is 1. The van der Waals surface area contributed by atoms with E-state index in [4.69, 9.17) is 18.9 Å². The third-order valence-corrected chi connectivity index (χ3v) is 7.23. The van der Waals surface area contributed by atoms with Crippen LogP contribution in [0.1, 0.15) is 35.8 Å². The van der Waals surface area contributed by atoms with Gasteiger partial charge in [-0.25, -0.2) is 4.79 Å². The number of benzene rings is 3. The molecular formula is C31H32N2O7. The number of hydrogen-bond acceptors (Lipinski definition) is 7. The van der Waals surface area contributed by atoms with Crippen LogP contribution >= 0.6 is 0 Å². The molecule has 1 fully saturated rings. The van der Waals surface area contributed by atoms with Crippen molar-refractivity contribution in [3.63, 3.8) is 0 Å². The summed E-state index contributed by atoms with van der Waals surface area (Å²) in [5.41, 5.74) is 0.493. The molecule has 1 aromatic heterocycles. The van der Waals surface area contributed by atoms with Gasteiger partial charge in [-0.2, -0.15) is 0 Å². The van der Waals surface area contributed by atoms with Gasteiger partial charge in [0, 0.05) is 12.3 Å². The molecule has 0 saturated carbocycles. The number of aliphatic hydroxyl groups is 1. The van der Waals surface area contributed by atoms with Crippen LogP contribution in [0.25, 0.3) is 0 Å². The molecule has 0 amide bonds. The Morgan fingerprint density at radius 3 is 1.98 bits per heavy atom. The van der Waals surface area contributed by atoms with Crippen LogP contribution in [0.15, 0.2) is 101 Å². The zero-order chi connectivity index (χ0) is 28.1. The Labute approximate surface area is 231 Å². The number of ether oxygens (including phenoxy) is 4. The first-order valence-electron chi connectivity index (χ1n) is 13.1. The molecule has 5 rings (SSSR count). The molecule has 9 nitrogen and oxygen atoms in total. The standard InChI is InChI=1S/C31H32N2O7/c1-37-24-12-8-22(9-13-24)31(21-6-4-3-5-7-21,23-10-14-25(38-2)15-11-23)39-20-26-16-17-27(34)29(40-26)33-19-18-28(35)32-30(33)36/h3-15,18-19,26-27,29,34H,16-17,20H2,1-2H3,(H,32,35,36). The molecular weight excluding hydrogens is 512 g/mol. The van der Waals surface area contributed by atoms with Gasteiger partial charge in [-0.15, -0.1) is 0 Å². The van der Waals surface area contributed by atoms with E-state index in [1.165, 1.54) is 16.8 Å². The fourth-order valence-corrected chi connectivity index (χ4v) is 5.15. The van der Waals surface area contributed by atoms with Crippen LogP contribution < -0.4 is 20.7 Å². The Kier molecular flexibility index (Phi) is 8.16. The maximum Gasteiger partial charge on any atom is 0.330 e. The number of aromatic amines is 1. The second-order valence-corrected chi connectivity index (χ2v) is 9.63. The van der Waals surface area contributed by atoms with Crippen molar-refractivity contribution in [2.75, 3.05) is 20.8 Å². The first-order valence-corrected chi connectivity index (χ1v) is 13.1. The topological polar surface area (TPSA) is 112 Å². The second-order valence-electron chi connectivity index (χ2n) is 9.63. The number of nitrogens with zero attached hydrogens (tertiary/aromatic N) is 1. The highest BCUT2D eigenvalue weighted by molar-refractivity contribution is 5.49. The number of methoxy groups -OCH3 is 2. The fourth-order valence-electron chi connectivity index (χ4n) is 5.15. The summed E-state index contributed by atoms with van der Waals surface area (Å²) in [6.07, 6.45) is -0.0608. The molecule has 0 radical (unpaired) electrons. The zero-order valence-corrected chi connectivity index (χ0v) is 22.4. The van der Waals surface area contributed by atoms with Crippen molar-refractivity contribution in [1.82, 2.24) is 9.55 Å². The van der Waals surface area contributed by atoms with Gasteiger partial charge in [-0.1, -0.05) is 54.6 Å². The monoisotopic (exact) mass is 544 g/mol. The number of H-pyrrole nitrogens is 1. The first-order chi connectivity index (χ1) is 19.4. The van der Waals surface area contributed by atoms with E-state index in [-0.39, 0.29) is 6.61 Å². The highest BCUT2D eigenvalue weighted by atomic mass is 16.6. The molecule has 3 unspecified atom stereocenters. The van der Waals surface area contributed by atoms with Gasteiger partial charge in [0.25, 0.3) is 5.56 Å². The second kappa shape index (κ2) is 11.9. The van der Waals surface area contributed by atoms with Gasteiger partial charge < -0.3 is 24.1 Å². The van der Waals surface area contributed by atoms with Gasteiger partial charge in [-0.05, 0) is 53.8 Å². The van der Waals surface area contributed by atoms with Crippen LogP contribution in [0.4, 0.5) is 0 Å². The molecule has 40 heavy (non-hydrogen) atoms. The Morgan fingerprint density at radius 2 is 1.43 bits per heavy atom. The van der Waals surface area contributed by atoms with Crippen LogP contribution in [-0.2, 0) is 15.1 Å². The molecule has 2 N–H and O–H groups in total. The largest absolute Gasteiger partial charge is 0.497 e. The third kappa shape index (κ3) is 5.44. The predicted molar refractivity (Wildman–Crippen MR) is 149 cm³/mol. The quantitative estimate of drug-likeness (QED) is 0.310. The normalized spacial score (nSPS) is 19.2. The van der Waals surface area contributed by atoms with Crippen LogP contribution in [-0.4, -0.2) is 47.7 Å². The van der Waals surface area contributed by atoms with Crippen LogP contribution in [0.2, 0.25) is 0 Å². The highest BCUT2D eigenvalue weighted by Crippen LogP contribution is 2.42. The summed E-state index contributed by atoms with van der Waals surface area (Å²) in [6, 6.07) is 26.6. The molecule has 208 valence electrons. The molecule has 0 bridgehead atoms. The van der Waals surface area contributed by atoms with Crippen molar-refractivity contribution in [2.24, 2.45) is 0 Å². The van der Waals surface area contributed by atoms with Crippen LogP contribution in [0, 0.1) is 0 Å². The maximum atomic E-state index is 12.4. The molecule has 3 atom stereocenters. The molecule has 1 saturated heterocycles. The Bertz CT molecular complexity index is 1470. The Hall–Kier alpha value is -4.18. The average molecular weight is 545 g/mol. The molecule has 9 heteroatoms. The Morgan fingerprint density at radius 1 is 0.850 bits per heavy atom. The van der Waals surface area contributed by atoms with E-state index in [9.17, 15) is 14.7 Å². The van der Waals surface area contributed by atoms with E-state index in [0.717, 1.165) is 28.2 Å². The predicted octanol–water partition coefficient (Wildman–Crippen LogP) is 3.60. The minimum absolute atomic E-state index is 0.161. The maximum absolute atomic E-state index is 12.4. The average Bonchev–Trinajstić information content (AvgIpc) is 2.99. The van der Waals surface area contributed by atoms with Gasteiger partial charge in [0.15, 0.2) is 6.23 Å². The van der Waals surface area contributed by atoms with E-state index >= 15 is 0 Å². The third-order valence-electron chi connectivity index (χ3n) is 7.23. The molecule has 1 aliphatic rings. The molecule has 2 heterocycles. The fraction of sp³-hybridized carbons (Fsp3) is 0.290. The van der Waals surface area contributed by atoms with E-state index in [0.29, 0.717) is 12.8 Å². The smallest absolute Gasteiger partial charge is 0.330 e. The van der Waals surface area contributed by atoms with Gasteiger partial charge >= 0.3 is 5.69 Å². The highest BCUT2D eigenvalue weighted by Gasteiger charge is 2.40. The van der Waals surface area contributed by atoms with Gasteiger partial charge in [-0.3, -0.25) is 14.3 Å². The van der Waals surface area contributed by atoms with E-state index in [1.807, 2.05) is 78.9 Å². The van der Waals surface area contributed by atoms with Crippen molar-refractivity contribution in [2.45, 2.75) is 36.9 Å². The summed E-state index contributed by atoms with van der Waals surface area (Å²) in [7, 11) is 3.25. The number of hydrogen-bond donors (Lipinski definition) is 2. The minimum atomic E-state index is -1.02. The lowest BCUT2D eigenvalue weighted by molar-refractivity contribution is -0.180. The molecule has 3 aromatic carbocycles. The molecule has 0 spiro atoms. The van der Waals surface area contributed by atoms with Gasteiger partial charge in [0.05, 0.1) is 33.0 Å². The summed E-state index contributed by atoms with van der Waals surface area (Å²) in [5, 5.41) is 10.7. The lowest BCUT2D eigenvalue weighted by Gasteiger charge is -2.39. The van der Waals surface area contributed by atoms with E-state index in [2.05, 4.69) is 4.98 Å². The summed E-state index contributed by atoms with van der Waals surface area (Å²) in [4.78, 5) is 26.2. The molecule has 0 aliphatic carbocycles. The summed E-state index contributed by atoms with van der Waals surface area (Å²) in [6.45, 7) is 0.161. The molecule has 1 aliphatic heterocycles. The van der Waals surface area contributed by atoms with Crippen LogP contribution in [0.3, 0.4) is 0 Å². The SMILES string of the molecule is COc1ccc(C(OCC2CCC(O)C(n3ccc(=O)[nH]c3=O)O2)(c2ccccc2)c2ccc(OC)cc2)cc1. The zero-order valence-electron chi connectivity index (χ0n) is 22.4. The number of aromatic nitrogens is 2. The summed E-state index contributed by atoms with van der Waals surface area (Å²) >= 11 is 0. The van der Waals surface area contributed by atoms with Crippen molar-refractivity contribution in [3.8, 4) is 11.5 Å². The minimum Gasteiger partial charge on any atom is -0.497 e. The molecule has 4 aromatic rings. The summed E-state index contributed by atoms with van der Waals surface area (Å²) < 4.78 is 25.1. The number of rotatable bonds is 9. The van der Waals surface area contributed by atoms with Crippen LogP contribution in [0.5, 0.6) is 11.5 Å². The lowest BCUT2D eigenvalue weighted by atomic mass is 9.80. The Balaban J connectivity index is 1.54. The van der Waals surface area contributed by atoms with Gasteiger partial charge in [0.1, 0.15) is 17.1 Å².